The van der Waals surface area contributed by atoms with E-state index in [1.54, 1.807) is 51.9 Å². The Bertz CT molecular complexity index is 1750. The molecule has 0 aliphatic rings. The van der Waals surface area contributed by atoms with E-state index < -0.39 is 47.1 Å². The number of amides is 1. The summed E-state index contributed by atoms with van der Waals surface area (Å²) in [5, 5.41) is 2.83. The zero-order chi connectivity index (χ0) is 35.9. The highest BCUT2D eigenvalue weighted by Crippen LogP contribution is 2.33. The van der Waals surface area contributed by atoms with Gasteiger partial charge in [0.05, 0.1) is 30.8 Å². The fourth-order valence-electron chi connectivity index (χ4n) is 5.62. The molecule has 1 unspecified atom stereocenters. The second-order valence-electron chi connectivity index (χ2n) is 12.5. The van der Waals surface area contributed by atoms with Gasteiger partial charge >= 0.3 is 12.1 Å². The number of carbonyl (C=O) groups excluding carboxylic acids is 2. The number of rotatable bonds is 12. The van der Waals surface area contributed by atoms with Gasteiger partial charge in [0.15, 0.2) is 0 Å². The molecule has 0 bridgehead atoms. The van der Waals surface area contributed by atoms with Gasteiger partial charge in [0, 0.05) is 18.8 Å². The van der Waals surface area contributed by atoms with Crippen molar-refractivity contribution in [1.29, 1.82) is 0 Å². The van der Waals surface area contributed by atoms with Crippen molar-refractivity contribution in [2.75, 3.05) is 27.7 Å². The van der Waals surface area contributed by atoms with Crippen LogP contribution < -0.4 is 10.9 Å². The Balaban J connectivity index is 2.18. The van der Waals surface area contributed by atoms with Gasteiger partial charge in [0.1, 0.15) is 17.6 Å². The molecule has 0 saturated heterocycles. The molecule has 1 amide bonds. The van der Waals surface area contributed by atoms with Crippen LogP contribution in [-0.2, 0) is 26.9 Å². The summed E-state index contributed by atoms with van der Waals surface area (Å²) < 4.78 is 62.0. The Morgan fingerprint density at radius 2 is 1.73 bits per heavy atom. The number of methoxy groups -OCH3 is 1. The predicted octanol–water partition coefficient (Wildman–Crippen LogP) is 6.17. The predicted molar refractivity (Wildman–Crippen MR) is 176 cm³/mol. The third kappa shape index (κ3) is 9.76. The SMILES string of the molecule is CC#Cc1cc(-c2c(C)cc(F)cc2C)cc([C@H](CC(=O)OC)NC(=O)C(CC(C)C)n2cc(CCN(C)C)c(C(F)(F)F)cc2=O)n1. The van der Waals surface area contributed by atoms with Gasteiger partial charge in [-0.3, -0.25) is 14.4 Å². The zero-order valence-electron chi connectivity index (χ0n) is 28.5. The Labute approximate surface area is 278 Å². The quantitative estimate of drug-likeness (QED) is 0.141. The van der Waals surface area contributed by atoms with Gasteiger partial charge in [-0.25, -0.2) is 9.37 Å². The maximum atomic E-state index is 14.2. The minimum Gasteiger partial charge on any atom is -0.469 e. The summed E-state index contributed by atoms with van der Waals surface area (Å²) >= 11 is 0. The molecule has 12 heteroatoms. The molecule has 0 fully saturated rings. The molecule has 48 heavy (non-hydrogen) atoms. The van der Waals surface area contributed by atoms with Crippen LogP contribution in [0, 0.1) is 37.4 Å². The van der Waals surface area contributed by atoms with Gasteiger partial charge in [-0.2, -0.15) is 13.2 Å². The average Bonchev–Trinajstić information content (AvgIpc) is 2.97. The lowest BCUT2D eigenvalue weighted by Crippen LogP contribution is -2.41. The number of nitrogens with zero attached hydrogens (tertiary/aromatic N) is 3. The van der Waals surface area contributed by atoms with Crippen molar-refractivity contribution in [3.05, 3.63) is 86.3 Å². The van der Waals surface area contributed by atoms with Crippen LogP contribution in [-0.4, -0.2) is 54.1 Å². The molecule has 3 aromatic rings. The summed E-state index contributed by atoms with van der Waals surface area (Å²) in [5.74, 6) is 3.80. The Hall–Kier alpha value is -4.50. The average molecular weight is 671 g/mol. The Morgan fingerprint density at radius 1 is 1.08 bits per heavy atom. The Morgan fingerprint density at radius 3 is 2.27 bits per heavy atom. The first kappa shape index (κ1) is 38.0. The number of halogens is 4. The highest BCUT2D eigenvalue weighted by molar-refractivity contribution is 5.82. The first-order valence-corrected chi connectivity index (χ1v) is 15.5. The number of nitrogens with one attached hydrogen (secondary N) is 1. The van der Waals surface area contributed by atoms with Gasteiger partial charge in [-0.15, -0.1) is 0 Å². The van der Waals surface area contributed by atoms with Crippen molar-refractivity contribution in [2.45, 2.75) is 72.1 Å². The second kappa shape index (κ2) is 16.1. The first-order chi connectivity index (χ1) is 22.4. The van der Waals surface area contributed by atoms with Crippen LogP contribution >= 0.6 is 0 Å². The molecule has 0 radical (unpaired) electrons. The zero-order valence-corrected chi connectivity index (χ0v) is 28.5. The number of alkyl halides is 3. The number of ether oxygens (including phenoxy) is 1. The van der Waals surface area contributed by atoms with Crippen LogP contribution in [0.2, 0.25) is 0 Å². The van der Waals surface area contributed by atoms with Crippen LogP contribution in [0.15, 0.2) is 41.3 Å². The van der Waals surface area contributed by atoms with E-state index >= 15 is 0 Å². The number of hydrogen-bond donors (Lipinski definition) is 1. The van der Waals surface area contributed by atoms with E-state index in [9.17, 15) is 31.9 Å². The summed E-state index contributed by atoms with van der Waals surface area (Å²) in [7, 11) is 4.64. The van der Waals surface area contributed by atoms with E-state index in [1.165, 1.54) is 19.2 Å². The molecular formula is C36H42F4N4O4. The van der Waals surface area contributed by atoms with Gasteiger partial charge in [-0.05, 0) is 112 Å². The van der Waals surface area contributed by atoms with E-state index in [-0.39, 0.29) is 43.0 Å². The molecule has 2 atom stereocenters. The smallest absolute Gasteiger partial charge is 0.416 e. The molecular weight excluding hydrogens is 628 g/mol. The molecule has 0 spiro atoms. The number of aromatic nitrogens is 2. The summed E-state index contributed by atoms with van der Waals surface area (Å²) in [6.45, 7) is 9.07. The maximum absolute atomic E-state index is 14.2. The molecule has 258 valence electrons. The van der Waals surface area contributed by atoms with Crippen molar-refractivity contribution in [1.82, 2.24) is 19.8 Å². The summed E-state index contributed by atoms with van der Waals surface area (Å²) in [5.41, 5.74) is 1.09. The number of pyridine rings is 2. The van der Waals surface area contributed by atoms with Crippen molar-refractivity contribution in [3.8, 4) is 23.0 Å². The largest absolute Gasteiger partial charge is 0.469 e. The lowest BCUT2D eigenvalue weighted by Gasteiger charge is -2.26. The number of carbonyl (C=O) groups is 2. The minimum atomic E-state index is -4.77. The molecule has 0 saturated carbocycles. The molecule has 0 aliphatic carbocycles. The summed E-state index contributed by atoms with van der Waals surface area (Å²) in [6.07, 6.45) is -3.89. The van der Waals surface area contributed by atoms with Crippen molar-refractivity contribution < 1.29 is 31.9 Å². The van der Waals surface area contributed by atoms with E-state index in [0.717, 1.165) is 16.3 Å². The van der Waals surface area contributed by atoms with Crippen molar-refractivity contribution in [3.63, 3.8) is 0 Å². The minimum absolute atomic E-state index is 0.0106. The number of hydrogen-bond acceptors (Lipinski definition) is 6. The lowest BCUT2D eigenvalue weighted by atomic mass is 9.93. The highest BCUT2D eigenvalue weighted by atomic mass is 19.4. The first-order valence-electron chi connectivity index (χ1n) is 15.5. The normalized spacial score (nSPS) is 12.8. The van der Waals surface area contributed by atoms with Crippen molar-refractivity contribution in [2.24, 2.45) is 5.92 Å². The number of aryl methyl sites for hydroxylation is 2. The van der Waals surface area contributed by atoms with Gasteiger partial charge in [0.25, 0.3) is 5.56 Å². The van der Waals surface area contributed by atoms with Crippen LogP contribution in [0.3, 0.4) is 0 Å². The van der Waals surface area contributed by atoms with E-state index in [0.29, 0.717) is 28.5 Å². The molecule has 0 aliphatic heterocycles. The van der Waals surface area contributed by atoms with Gasteiger partial charge in [0.2, 0.25) is 5.91 Å². The van der Waals surface area contributed by atoms with E-state index in [4.69, 9.17) is 4.74 Å². The summed E-state index contributed by atoms with van der Waals surface area (Å²) in [4.78, 5) is 46.3. The van der Waals surface area contributed by atoms with E-state index in [2.05, 4.69) is 22.1 Å². The molecule has 2 aromatic heterocycles. The fraction of sp³-hybridized carbons (Fsp3) is 0.444. The topological polar surface area (TPSA) is 93.5 Å². The number of benzene rings is 1. The molecule has 2 heterocycles. The van der Waals surface area contributed by atoms with Gasteiger partial charge < -0.3 is 19.5 Å². The molecule has 3 rings (SSSR count). The maximum Gasteiger partial charge on any atom is 0.416 e. The van der Waals surface area contributed by atoms with Crippen LogP contribution in [0.1, 0.15) is 79.3 Å². The number of esters is 1. The van der Waals surface area contributed by atoms with Crippen LogP contribution in [0.5, 0.6) is 0 Å². The Kier molecular flexibility index (Phi) is 12.7. The van der Waals surface area contributed by atoms with E-state index in [1.807, 2.05) is 13.8 Å². The summed E-state index contributed by atoms with van der Waals surface area (Å²) in [6, 6.07) is 4.44. The highest BCUT2D eigenvalue weighted by Gasteiger charge is 2.36. The fourth-order valence-corrected chi connectivity index (χ4v) is 5.62. The number of likely N-dealkylation sites (N-methyl/N-ethyl adjacent to an activating group) is 1. The van der Waals surface area contributed by atoms with Gasteiger partial charge in [-0.1, -0.05) is 19.8 Å². The standard InChI is InChI=1S/C36H42F4N4O4/c1-9-10-27-16-25(34-22(4)14-26(37)15-23(34)5)17-29(41-27)30(19-33(46)48-8)42-35(47)31(13-21(2)3)44-20-24(11-12-43(6)7)28(18-32(44)45)36(38,39)40/h14-18,20-21,30-31H,11-13,19H2,1-8H3,(H,42,47)/t30-,31?/m0/s1. The second-order valence-corrected chi connectivity index (χ2v) is 12.5. The van der Waals surface area contributed by atoms with Crippen LogP contribution in [0.25, 0.3) is 11.1 Å². The lowest BCUT2D eigenvalue weighted by molar-refractivity contribution is -0.141. The molecule has 1 aromatic carbocycles. The van der Waals surface area contributed by atoms with Crippen molar-refractivity contribution >= 4 is 11.9 Å². The monoisotopic (exact) mass is 670 g/mol. The third-order valence-corrected chi connectivity index (χ3v) is 7.79. The molecule has 1 N–H and O–H groups in total. The molecule has 8 nitrogen and oxygen atoms in total. The third-order valence-electron chi connectivity index (χ3n) is 7.79. The van der Waals surface area contributed by atoms with Crippen LogP contribution in [0.4, 0.5) is 17.6 Å².